The van der Waals surface area contributed by atoms with E-state index in [1.807, 2.05) is 20.8 Å². The van der Waals surface area contributed by atoms with E-state index in [0.29, 0.717) is 5.92 Å². The van der Waals surface area contributed by atoms with E-state index < -0.39 is 10.0 Å². The smallest absolute Gasteiger partial charge is 0.245 e. The molecule has 22 heavy (non-hydrogen) atoms. The molecule has 0 saturated heterocycles. The number of aromatic nitrogens is 1. The van der Waals surface area contributed by atoms with E-state index in [1.165, 1.54) is 22.8 Å². The van der Waals surface area contributed by atoms with Crippen LogP contribution in [0.25, 0.3) is 0 Å². The van der Waals surface area contributed by atoms with Crippen LogP contribution in [0, 0.1) is 5.92 Å². The van der Waals surface area contributed by atoms with Crippen LogP contribution in [0.5, 0.6) is 0 Å². The first-order valence-electron chi connectivity index (χ1n) is 7.53. The van der Waals surface area contributed by atoms with E-state index in [1.54, 1.807) is 6.07 Å². The molecule has 0 aliphatic heterocycles. The second kappa shape index (κ2) is 6.75. The first-order chi connectivity index (χ1) is 10.3. The van der Waals surface area contributed by atoms with E-state index in [4.69, 9.17) is 0 Å². The second-order valence-electron chi connectivity index (χ2n) is 6.07. The molecule has 0 spiro atoms. The van der Waals surface area contributed by atoms with Crippen LogP contribution in [0.4, 0.5) is 0 Å². The monoisotopic (exact) mass is 325 g/mol. The molecular formula is C15H23N3O3S. The van der Waals surface area contributed by atoms with Crippen molar-refractivity contribution in [1.82, 2.24) is 14.6 Å². The normalized spacial score (nSPS) is 16.8. The van der Waals surface area contributed by atoms with Crippen molar-refractivity contribution in [3.8, 4) is 0 Å². The molecule has 2 rings (SSSR count). The highest BCUT2D eigenvalue weighted by atomic mass is 32.2. The third kappa shape index (κ3) is 4.04. The maximum Gasteiger partial charge on any atom is 0.245 e. The van der Waals surface area contributed by atoms with Crippen molar-refractivity contribution in [1.29, 1.82) is 0 Å². The summed E-state index contributed by atoms with van der Waals surface area (Å²) in [7, 11) is -3.68. The zero-order chi connectivity index (χ0) is 16.3. The van der Waals surface area contributed by atoms with Gasteiger partial charge in [-0.3, -0.25) is 9.78 Å². The maximum atomic E-state index is 12.7. The molecule has 1 atom stereocenters. The summed E-state index contributed by atoms with van der Waals surface area (Å²) in [4.78, 5) is 16.1. The van der Waals surface area contributed by atoms with Crippen molar-refractivity contribution in [2.75, 3.05) is 6.54 Å². The van der Waals surface area contributed by atoms with E-state index in [9.17, 15) is 13.2 Å². The summed E-state index contributed by atoms with van der Waals surface area (Å²) >= 11 is 0. The summed E-state index contributed by atoms with van der Waals surface area (Å²) in [6.45, 7) is 5.80. The lowest BCUT2D eigenvalue weighted by molar-refractivity contribution is -0.122. The lowest BCUT2D eigenvalue weighted by Crippen LogP contribution is -2.45. The molecule has 7 heteroatoms. The van der Waals surface area contributed by atoms with Gasteiger partial charge in [-0.25, -0.2) is 8.42 Å². The topological polar surface area (TPSA) is 79.4 Å². The van der Waals surface area contributed by atoms with Gasteiger partial charge < -0.3 is 5.32 Å². The Kier molecular flexibility index (Phi) is 5.18. The van der Waals surface area contributed by atoms with Crippen molar-refractivity contribution in [2.45, 2.75) is 50.6 Å². The van der Waals surface area contributed by atoms with Crippen LogP contribution < -0.4 is 5.32 Å². The highest BCUT2D eigenvalue weighted by Crippen LogP contribution is 2.31. The van der Waals surface area contributed by atoms with Gasteiger partial charge >= 0.3 is 0 Å². The van der Waals surface area contributed by atoms with Crippen molar-refractivity contribution in [2.24, 2.45) is 5.92 Å². The molecular weight excluding hydrogens is 302 g/mol. The molecule has 0 bridgehead atoms. The van der Waals surface area contributed by atoms with Gasteiger partial charge in [-0.2, -0.15) is 4.31 Å². The molecule has 1 unspecified atom stereocenters. The molecule has 1 aliphatic rings. The standard InChI is InChI=1S/C15H23N3O3S/c1-11(2)12(3)17-15(19)10-18(13-6-7-13)22(20,21)14-5-4-8-16-9-14/h4-5,8-9,11-13H,6-7,10H2,1-3H3,(H,17,19). The van der Waals surface area contributed by atoms with Crippen LogP contribution in [0.3, 0.4) is 0 Å². The molecule has 1 fully saturated rings. The van der Waals surface area contributed by atoms with Crippen LogP contribution in [0.15, 0.2) is 29.4 Å². The van der Waals surface area contributed by atoms with Gasteiger partial charge in [0.15, 0.2) is 0 Å². The van der Waals surface area contributed by atoms with Gasteiger partial charge in [0.2, 0.25) is 15.9 Å². The molecule has 1 saturated carbocycles. The van der Waals surface area contributed by atoms with Gasteiger partial charge in [-0.1, -0.05) is 13.8 Å². The van der Waals surface area contributed by atoms with Gasteiger partial charge in [0.1, 0.15) is 4.90 Å². The number of nitrogens with one attached hydrogen (secondary N) is 1. The van der Waals surface area contributed by atoms with Crippen LogP contribution in [-0.4, -0.2) is 42.2 Å². The summed E-state index contributed by atoms with van der Waals surface area (Å²) in [5.41, 5.74) is 0. The summed E-state index contributed by atoms with van der Waals surface area (Å²) in [6.07, 6.45) is 4.44. The zero-order valence-corrected chi connectivity index (χ0v) is 14.0. The number of nitrogens with zero attached hydrogens (tertiary/aromatic N) is 2. The fourth-order valence-corrected chi connectivity index (χ4v) is 3.62. The highest BCUT2D eigenvalue weighted by Gasteiger charge is 2.39. The van der Waals surface area contributed by atoms with Gasteiger partial charge in [0.25, 0.3) is 0 Å². The largest absolute Gasteiger partial charge is 0.352 e. The van der Waals surface area contributed by atoms with Gasteiger partial charge in [-0.15, -0.1) is 0 Å². The molecule has 1 aromatic rings. The van der Waals surface area contributed by atoms with Crippen LogP contribution >= 0.6 is 0 Å². The van der Waals surface area contributed by atoms with Crippen molar-refractivity contribution in [3.05, 3.63) is 24.5 Å². The fourth-order valence-electron chi connectivity index (χ4n) is 2.02. The number of pyridine rings is 1. The maximum absolute atomic E-state index is 12.7. The fraction of sp³-hybridized carbons (Fsp3) is 0.600. The van der Waals surface area contributed by atoms with Crippen LogP contribution in [0.2, 0.25) is 0 Å². The van der Waals surface area contributed by atoms with E-state index in [-0.39, 0.29) is 29.4 Å². The molecule has 1 aromatic heterocycles. The average Bonchev–Trinajstić information content (AvgIpc) is 3.29. The third-order valence-electron chi connectivity index (χ3n) is 3.88. The average molecular weight is 325 g/mol. The number of rotatable bonds is 7. The molecule has 0 radical (unpaired) electrons. The minimum absolute atomic E-state index is 0.00893. The predicted molar refractivity (Wildman–Crippen MR) is 83.6 cm³/mol. The van der Waals surface area contributed by atoms with Crippen LogP contribution in [0.1, 0.15) is 33.6 Å². The molecule has 1 heterocycles. The second-order valence-corrected chi connectivity index (χ2v) is 7.96. The molecule has 1 aliphatic carbocycles. The van der Waals surface area contributed by atoms with Gasteiger partial charge in [0.05, 0.1) is 6.54 Å². The summed E-state index contributed by atoms with van der Waals surface area (Å²) in [6, 6.07) is 3.02. The lowest BCUT2D eigenvalue weighted by atomic mass is 10.1. The summed E-state index contributed by atoms with van der Waals surface area (Å²) in [5, 5.41) is 2.86. The minimum Gasteiger partial charge on any atom is -0.352 e. The Labute approximate surface area is 132 Å². The number of carbonyl (C=O) groups excluding carboxylic acids is 1. The summed E-state index contributed by atoms with van der Waals surface area (Å²) in [5.74, 6) is 0.0359. The number of sulfonamides is 1. The lowest BCUT2D eigenvalue weighted by Gasteiger charge is -2.23. The van der Waals surface area contributed by atoms with Crippen LogP contribution in [-0.2, 0) is 14.8 Å². The Balaban J connectivity index is 2.12. The Hall–Kier alpha value is -1.47. The number of carbonyl (C=O) groups is 1. The third-order valence-corrected chi connectivity index (χ3v) is 5.77. The Morgan fingerprint density at radius 3 is 2.59 bits per heavy atom. The highest BCUT2D eigenvalue weighted by molar-refractivity contribution is 7.89. The molecule has 1 N–H and O–H groups in total. The Morgan fingerprint density at radius 2 is 2.09 bits per heavy atom. The van der Waals surface area contributed by atoms with Gasteiger partial charge in [0, 0.05) is 24.5 Å². The number of amides is 1. The van der Waals surface area contributed by atoms with E-state index in [2.05, 4.69) is 10.3 Å². The molecule has 0 aromatic carbocycles. The molecule has 122 valence electrons. The Morgan fingerprint density at radius 1 is 1.41 bits per heavy atom. The summed E-state index contributed by atoms with van der Waals surface area (Å²) < 4.78 is 26.6. The zero-order valence-electron chi connectivity index (χ0n) is 13.2. The minimum atomic E-state index is -3.68. The predicted octanol–water partition coefficient (Wildman–Crippen LogP) is 1.40. The van der Waals surface area contributed by atoms with Crippen molar-refractivity contribution in [3.63, 3.8) is 0 Å². The molecule has 6 nitrogen and oxygen atoms in total. The van der Waals surface area contributed by atoms with Gasteiger partial charge in [-0.05, 0) is 37.8 Å². The van der Waals surface area contributed by atoms with Crippen molar-refractivity contribution >= 4 is 15.9 Å². The molecule has 1 amide bonds. The quantitative estimate of drug-likeness (QED) is 0.822. The van der Waals surface area contributed by atoms with E-state index >= 15 is 0 Å². The first-order valence-corrected chi connectivity index (χ1v) is 8.97. The SMILES string of the molecule is CC(C)C(C)NC(=O)CN(C1CC1)S(=O)(=O)c1cccnc1. The number of hydrogen-bond acceptors (Lipinski definition) is 4. The number of hydrogen-bond donors (Lipinski definition) is 1. The Bertz CT molecular complexity index is 612. The van der Waals surface area contributed by atoms with Crippen molar-refractivity contribution < 1.29 is 13.2 Å². The first kappa shape index (κ1) is 16.9. The van der Waals surface area contributed by atoms with E-state index in [0.717, 1.165) is 12.8 Å².